The summed E-state index contributed by atoms with van der Waals surface area (Å²) in [4.78, 5) is 14.3. The first-order chi connectivity index (χ1) is 16.0. The second-order valence-corrected chi connectivity index (χ2v) is 8.44. The molecular weight excluding hydrogens is 448 g/mol. The summed E-state index contributed by atoms with van der Waals surface area (Å²) in [5, 5.41) is 17.9. The van der Waals surface area contributed by atoms with Gasteiger partial charge in [0.25, 0.3) is 5.91 Å². The number of amides is 1. The third kappa shape index (κ3) is 4.24. The molecule has 1 saturated heterocycles. The number of hydrogen-bond acceptors (Lipinski definition) is 5. The fourth-order valence-electron chi connectivity index (χ4n) is 3.82. The molecule has 1 atom stereocenters. The molecule has 2 aromatic carbocycles. The van der Waals surface area contributed by atoms with Gasteiger partial charge in [-0.3, -0.25) is 4.79 Å². The maximum Gasteiger partial charge on any atom is 0.250 e. The van der Waals surface area contributed by atoms with Gasteiger partial charge in [-0.15, -0.1) is 0 Å². The second-order valence-electron chi connectivity index (χ2n) is 7.65. The molecule has 6 nitrogen and oxygen atoms in total. The monoisotopic (exact) mass is 467 g/mol. The van der Waals surface area contributed by atoms with E-state index in [-0.39, 0.29) is 18.3 Å². The molecule has 1 fully saturated rings. The highest BCUT2D eigenvalue weighted by atomic mass is 32.1. The minimum absolute atomic E-state index is 0.0559. The van der Waals surface area contributed by atoms with Crippen LogP contribution in [0.4, 0.5) is 8.78 Å². The van der Waals surface area contributed by atoms with Crippen molar-refractivity contribution in [3.05, 3.63) is 88.2 Å². The number of phenolic OH excluding ortho intramolecular Hbond substituents is 1. The lowest BCUT2D eigenvalue weighted by atomic mass is 10.1. The lowest BCUT2D eigenvalue weighted by Crippen LogP contribution is -2.30. The Hall–Kier alpha value is -3.56. The van der Waals surface area contributed by atoms with Crippen molar-refractivity contribution in [2.45, 2.75) is 12.6 Å². The van der Waals surface area contributed by atoms with Crippen molar-refractivity contribution in [1.82, 2.24) is 14.7 Å². The van der Waals surface area contributed by atoms with E-state index >= 15 is 0 Å². The maximum absolute atomic E-state index is 13.8. The van der Waals surface area contributed by atoms with Gasteiger partial charge < -0.3 is 14.7 Å². The van der Waals surface area contributed by atoms with Crippen molar-refractivity contribution in [3.63, 3.8) is 0 Å². The Bertz CT molecular complexity index is 1290. The summed E-state index contributed by atoms with van der Waals surface area (Å²) in [7, 11) is 0. The van der Waals surface area contributed by atoms with Crippen LogP contribution in [0.5, 0.6) is 5.75 Å². The van der Waals surface area contributed by atoms with E-state index in [9.17, 15) is 18.7 Å². The Morgan fingerprint density at radius 3 is 2.67 bits per heavy atom. The van der Waals surface area contributed by atoms with Gasteiger partial charge in [0.2, 0.25) is 0 Å². The number of thiophene rings is 1. The number of aromatic nitrogens is 2. The predicted octanol–water partition coefficient (Wildman–Crippen LogP) is 4.68. The highest BCUT2D eigenvalue weighted by Gasteiger charge is 2.36. The van der Waals surface area contributed by atoms with Crippen LogP contribution in [0.15, 0.2) is 65.5 Å². The summed E-state index contributed by atoms with van der Waals surface area (Å²) in [5.41, 5.74) is 3.45. The molecule has 0 spiro atoms. The molecule has 33 heavy (non-hydrogen) atoms. The van der Waals surface area contributed by atoms with Crippen LogP contribution in [0.25, 0.3) is 16.9 Å². The van der Waals surface area contributed by atoms with Crippen LogP contribution in [0.3, 0.4) is 0 Å². The van der Waals surface area contributed by atoms with Gasteiger partial charge in [-0.1, -0.05) is 12.1 Å². The molecule has 0 aliphatic carbocycles. The van der Waals surface area contributed by atoms with Crippen molar-refractivity contribution in [1.29, 1.82) is 0 Å². The molecule has 4 aromatic rings. The van der Waals surface area contributed by atoms with Gasteiger partial charge in [0, 0.05) is 35.3 Å². The molecule has 3 heterocycles. The minimum atomic E-state index is -0.968. The van der Waals surface area contributed by atoms with E-state index < -0.39 is 17.9 Å². The zero-order valence-corrected chi connectivity index (χ0v) is 18.1. The molecule has 0 bridgehead atoms. The Kier molecular flexibility index (Phi) is 5.65. The lowest BCUT2D eigenvalue weighted by molar-refractivity contribution is -0.128. The van der Waals surface area contributed by atoms with Crippen LogP contribution in [-0.2, 0) is 16.0 Å². The molecule has 1 unspecified atom stereocenters. The normalized spacial score (nSPS) is 16.0. The molecule has 0 radical (unpaired) electrons. The first-order valence-corrected chi connectivity index (χ1v) is 11.2. The first-order valence-electron chi connectivity index (χ1n) is 10.3. The van der Waals surface area contributed by atoms with Crippen LogP contribution in [0, 0.1) is 11.6 Å². The minimum Gasteiger partial charge on any atom is -0.508 e. The number of nitrogens with zero attached hydrogens (tertiary/aromatic N) is 3. The summed E-state index contributed by atoms with van der Waals surface area (Å²) >= 11 is 1.50. The largest absolute Gasteiger partial charge is 0.508 e. The van der Waals surface area contributed by atoms with E-state index in [0.717, 1.165) is 23.3 Å². The summed E-state index contributed by atoms with van der Waals surface area (Å²) in [5.74, 6) is -1.86. The molecule has 1 aliphatic heterocycles. The fourth-order valence-corrected chi connectivity index (χ4v) is 4.46. The highest BCUT2D eigenvalue weighted by molar-refractivity contribution is 7.08. The molecule has 1 amide bonds. The van der Waals surface area contributed by atoms with Crippen LogP contribution in [-0.4, -0.2) is 38.8 Å². The van der Waals surface area contributed by atoms with Gasteiger partial charge in [0.1, 0.15) is 18.1 Å². The number of phenols is 1. The van der Waals surface area contributed by atoms with Gasteiger partial charge in [-0.25, -0.2) is 13.5 Å². The van der Waals surface area contributed by atoms with Crippen molar-refractivity contribution in [2.75, 3.05) is 13.2 Å². The molecule has 9 heteroatoms. The number of ether oxygens (including phenoxy) is 1. The van der Waals surface area contributed by atoms with Crippen LogP contribution >= 0.6 is 11.3 Å². The Morgan fingerprint density at radius 2 is 1.94 bits per heavy atom. The second kappa shape index (κ2) is 8.76. The smallest absolute Gasteiger partial charge is 0.250 e. The van der Waals surface area contributed by atoms with Crippen LogP contribution in [0.2, 0.25) is 0 Å². The zero-order chi connectivity index (χ0) is 22.9. The summed E-state index contributed by atoms with van der Waals surface area (Å²) in [6, 6.07) is 12.3. The molecule has 5 rings (SSSR count). The molecule has 0 saturated carbocycles. The van der Waals surface area contributed by atoms with Gasteiger partial charge in [-0.2, -0.15) is 16.4 Å². The third-order valence-electron chi connectivity index (χ3n) is 5.52. The zero-order valence-electron chi connectivity index (χ0n) is 17.3. The molecule has 2 aromatic heterocycles. The van der Waals surface area contributed by atoms with Crippen molar-refractivity contribution >= 4 is 17.2 Å². The Morgan fingerprint density at radius 1 is 1.12 bits per heavy atom. The van der Waals surface area contributed by atoms with Gasteiger partial charge in [0.15, 0.2) is 17.9 Å². The number of benzene rings is 2. The predicted molar refractivity (Wildman–Crippen MR) is 119 cm³/mol. The number of aromatic hydroxyl groups is 1. The summed E-state index contributed by atoms with van der Waals surface area (Å²) in [6.07, 6.45) is 1.61. The molecule has 1 N–H and O–H groups in total. The molecule has 1 aliphatic rings. The van der Waals surface area contributed by atoms with Crippen LogP contribution in [0.1, 0.15) is 17.4 Å². The third-order valence-corrected chi connectivity index (χ3v) is 6.20. The SMILES string of the molecule is O=C1COC(c2cn(-c3ccc(F)c(F)c3)nc2-c2ccsc2)N1CCc1ccc(O)cc1. The number of halogens is 2. The van der Waals surface area contributed by atoms with Crippen molar-refractivity contribution in [2.24, 2.45) is 0 Å². The van der Waals surface area contributed by atoms with Gasteiger partial charge >= 0.3 is 0 Å². The first kappa shape index (κ1) is 21.3. The van der Waals surface area contributed by atoms with E-state index in [4.69, 9.17) is 4.74 Å². The van der Waals surface area contributed by atoms with Gasteiger partial charge in [-0.05, 0) is 47.7 Å². The van der Waals surface area contributed by atoms with Crippen molar-refractivity contribution < 1.29 is 23.4 Å². The fraction of sp³-hybridized carbons (Fsp3) is 0.167. The lowest BCUT2D eigenvalue weighted by Gasteiger charge is -2.23. The summed E-state index contributed by atoms with van der Waals surface area (Å²) < 4.78 is 34.6. The summed E-state index contributed by atoms with van der Waals surface area (Å²) in [6.45, 7) is 0.355. The van der Waals surface area contributed by atoms with E-state index in [1.54, 1.807) is 23.2 Å². The van der Waals surface area contributed by atoms with Gasteiger partial charge in [0.05, 0.1) is 5.69 Å². The van der Waals surface area contributed by atoms with E-state index in [1.165, 1.54) is 22.1 Å². The standard InChI is InChI=1S/C24H19F2N3O3S/c25-20-6-3-17(11-21(20)26)29-12-19(23(27-29)16-8-10-33-14-16)24-28(22(31)13-32-24)9-7-15-1-4-18(30)5-2-15/h1-6,8,10-12,14,24,30H,7,9,13H2. The van der Waals surface area contributed by atoms with E-state index in [0.29, 0.717) is 29.9 Å². The quantitative estimate of drug-likeness (QED) is 0.447. The van der Waals surface area contributed by atoms with Crippen molar-refractivity contribution in [3.8, 4) is 22.7 Å². The average molecular weight is 467 g/mol. The number of carbonyl (C=O) groups excluding carboxylic acids is 1. The van der Waals surface area contributed by atoms with E-state index in [1.807, 2.05) is 29.0 Å². The topological polar surface area (TPSA) is 67.6 Å². The number of hydrogen-bond donors (Lipinski definition) is 1. The Labute approximate surface area is 192 Å². The number of carbonyl (C=O) groups is 1. The Balaban J connectivity index is 1.49. The molecule has 168 valence electrons. The average Bonchev–Trinajstić information content (AvgIpc) is 3.55. The highest BCUT2D eigenvalue weighted by Crippen LogP contribution is 2.36. The number of rotatable bonds is 6. The van der Waals surface area contributed by atoms with E-state index in [2.05, 4.69) is 5.10 Å². The maximum atomic E-state index is 13.8. The van der Waals surface area contributed by atoms with Crippen LogP contribution < -0.4 is 0 Å². The molecular formula is C24H19F2N3O3S.